The summed E-state index contributed by atoms with van der Waals surface area (Å²) in [6, 6.07) is 1.37. The van der Waals surface area contributed by atoms with Gasteiger partial charge in [0, 0.05) is 12.7 Å². The minimum Gasteiger partial charge on any atom is -0.478 e. The molecule has 1 aromatic rings. The Balaban J connectivity index is 2.59. The molecule has 6 heteroatoms. The molecule has 1 aromatic heterocycles. The molecule has 0 saturated carbocycles. The van der Waals surface area contributed by atoms with Crippen molar-refractivity contribution in [3.8, 4) is 0 Å². The van der Waals surface area contributed by atoms with Crippen molar-refractivity contribution in [2.45, 2.75) is 20.0 Å². The van der Waals surface area contributed by atoms with Gasteiger partial charge in [-0.15, -0.1) is 0 Å². The lowest BCUT2D eigenvalue weighted by Crippen LogP contribution is -2.15. The Morgan fingerprint density at radius 3 is 2.94 bits per heavy atom. The zero-order valence-corrected chi connectivity index (χ0v) is 9.93. The number of hydrogen-bond donors (Lipinski definition) is 3. The van der Waals surface area contributed by atoms with Crippen LogP contribution in [0, 0.1) is 0 Å². The summed E-state index contributed by atoms with van der Waals surface area (Å²) in [5.74, 6) is -0.691. The first-order chi connectivity index (χ1) is 8.02. The molecule has 0 aliphatic rings. The van der Waals surface area contributed by atoms with Gasteiger partial charge < -0.3 is 20.9 Å². The molecule has 0 aromatic carbocycles. The second-order valence-corrected chi connectivity index (χ2v) is 3.77. The number of carboxylic acid groups (broad SMARTS) is 1. The molecule has 0 fully saturated rings. The molecule has 1 rings (SSSR count). The molecular weight excluding hydrogens is 222 g/mol. The molecule has 0 spiro atoms. The first-order valence-corrected chi connectivity index (χ1v) is 5.35. The SMILES string of the molecule is CC(C)OCCNc1nccc(C(=O)O)c1N. The average Bonchev–Trinajstić information content (AvgIpc) is 2.25. The van der Waals surface area contributed by atoms with E-state index >= 15 is 0 Å². The molecular formula is C11H17N3O3. The second-order valence-electron chi connectivity index (χ2n) is 3.77. The number of aromatic nitrogens is 1. The van der Waals surface area contributed by atoms with Gasteiger partial charge in [-0.05, 0) is 19.9 Å². The van der Waals surface area contributed by atoms with Crippen molar-refractivity contribution in [2.75, 3.05) is 24.2 Å². The fourth-order valence-corrected chi connectivity index (χ4v) is 1.26. The number of hydrogen-bond acceptors (Lipinski definition) is 5. The number of nitrogen functional groups attached to an aromatic ring is 1. The number of nitrogens with one attached hydrogen (secondary N) is 1. The van der Waals surface area contributed by atoms with Crippen LogP contribution in [0.15, 0.2) is 12.3 Å². The van der Waals surface area contributed by atoms with E-state index < -0.39 is 5.97 Å². The highest BCUT2D eigenvalue weighted by Crippen LogP contribution is 2.19. The Hall–Kier alpha value is -1.82. The summed E-state index contributed by atoms with van der Waals surface area (Å²) < 4.78 is 5.33. The molecule has 4 N–H and O–H groups in total. The summed E-state index contributed by atoms with van der Waals surface area (Å²) in [6.07, 6.45) is 1.57. The highest BCUT2D eigenvalue weighted by molar-refractivity contribution is 5.96. The number of rotatable bonds is 6. The van der Waals surface area contributed by atoms with Crippen LogP contribution in [0.1, 0.15) is 24.2 Å². The predicted octanol–water partition coefficient (Wildman–Crippen LogP) is 1.20. The number of pyridine rings is 1. The number of ether oxygens (including phenoxy) is 1. The van der Waals surface area contributed by atoms with Crippen molar-refractivity contribution in [3.05, 3.63) is 17.8 Å². The van der Waals surface area contributed by atoms with E-state index in [0.717, 1.165) is 0 Å². The third kappa shape index (κ3) is 3.92. The van der Waals surface area contributed by atoms with Gasteiger partial charge in [0.15, 0.2) is 0 Å². The minimum absolute atomic E-state index is 0.0484. The van der Waals surface area contributed by atoms with Gasteiger partial charge in [0.05, 0.1) is 24.0 Å². The highest BCUT2D eigenvalue weighted by atomic mass is 16.5. The summed E-state index contributed by atoms with van der Waals surface area (Å²) in [5.41, 5.74) is 5.87. The fourth-order valence-electron chi connectivity index (χ4n) is 1.26. The summed E-state index contributed by atoms with van der Waals surface area (Å²) in [5, 5.41) is 11.8. The summed E-state index contributed by atoms with van der Waals surface area (Å²) in [4.78, 5) is 14.8. The van der Waals surface area contributed by atoms with Crippen LogP contribution in [0.4, 0.5) is 11.5 Å². The van der Waals surface area contributed by atoms with Crippen molar-refractivity contribution in [2.24, 2.45) is 0 Å². The van der Waals surface area contributed by atoms with Crippen molar-refractivity contribution in [1.29, 1.82) is 0 Å². The number of anilines is 2. The number of carbonyl (C=O) groups is 1. The predicted molar refractivity (Wildman–Crippen MR) is 65.2 cm³/mol. The maximum Gasteiger partial charge on any atom is 0.337 e. The van der Waals surface area contributed by atoms with Crippen LogP contribution in [-0.4, -0.2) is 35.3 Å². The quantitative estimate of drug-likeness (QED) is 0.645. The molecule has 1 heterocycles. The number of nitrogens with zero attached hydrogens (tertiary/aromatic N) is 1. The third-order valence-corrected chi connectivity index (χ3v) is 2.07. The summed E-state index contributed by atoms with van der Waals surface area (Å²) in [7, 11) is 0. The Kier molecular flexibility index (Phi) is 4.71. The van der Waals surface area contributed by atoms with E-state index in [1.54, 1.807) is 0 Å². The first kappa shape index (κ1) is 13.2. The van der Waals surface area contributed by atoms with E-state index in [9.17, 15) is 4.79 Å². The van der Waals surface area contributed by atoms with Crippen LogP contribution in [0.5, 0.6) is 0 Å². The maximum absolute atomic E-state index is 10.8. The highest BCUT2D eigenvalue weighted by Gasteiger charge is 2.11. The molecule has 0 saturated heterocycles. The molecule has 6 nitrogen and oxygen atoms in total. The Bertz CT molecular complexity index is 394. The molecule has 0 bridgehead atoms. The Morgan fingerprint density at radius 1 is 1.65 bits per heavy atom. The van der Waals surface area contributed by atoms with E-state index in [2.05, 4.69) is 10.3 Å². The number of aromatic carboxylic acids is 1. The monoisotopic (exact) mass is 239 g/mol. The topological polar surface area (TPSA) is 97.5 Å². The largest absolute Gasteiger partial charge is 0.478 e. The van der Waals surface area contributed by atoms with Gasteiger partial charge >= 0.3 is 5.97 Å². The third-order valence-electron chi connectivity index (χ3n) is 2.07. The van der Waals surface area contributed by atoms with E-state index in [4.69, 9.17) is 15.6 Å². The normalized spacial score (nSPS) is 10.5. The Labute approximate surface area is 99.8 Å². The first-order valence-electron chi connectivity index (χ1n) is 5.35. The van der Waals surface area contributed by atoms with Crippen LogP contribution in [0.3, 0.4) is 0 Å². The van der Waals surface area contributed by atoms with E-state index in [-0.39, 0.29) is 17.4 Å². The number of carboxylic acids is 1. The molecule has 0 radical (unpaired) electrons. The zero-order chi connectivity index (χ0) is 12.8. The average molecular weight is 239 g/mol. The summed E-state index contributed by atoms with van der Waals surface area (Å²) in [6.45, 7) is 4.92. The van der Waals surface area contributed by atoms with Gasteiger partial charge in [-0.3, -0.25) is 0 Å². The van der Waals surface area contributed by atoms with Crippen LogP contribution < -0.4 is 11.1 Å². The van der Waals surface area contributed by atoms with E-state index in [1.807, 2.05) is 13.8 Å². The fraction of sp³-hybridized carbons (Fsp3) is 0.455. The molecule has 0 unspecified atom stereocenters. The van der Waals surface area contributed by atoms with Crippen LogP contribution in [0.25, 0.3) is 0 Å². The van der Waals surface area contributed by atoms with Gasteiger partial charge in [-0.25, -0.2) is 9.78 Å². The lowest BCUT2D eigenvalue weighted by Gasteiger charge is -2.11. The molecule has 0 aliphatic carbocycles. The van der Waals surface area contributed by atoms with Crippen LogP contribution >= 0.6 is 0 Å². The molecule has 0 atom stereocenters. The van der Waals surface area contributed by atoms with Crippen LogP contribution in [0.2, 0.25) is 0 Å². The summed E-state index contributed by atoms with van der Waals surface area (Å²) >= 11 is 0. The van der Waals surface area contributed by atoms with Crippen molar-refractivity contribution in [3.63, 3.8) is 0 Å². The van der Waals surface area contributed by atoms with Crippen molar-refractivity contribution >= 4 is 17.5 Å². The van der Waals surface area contributed by atoms with Crippen LogP contribution in [-0.2, 0) is 4.74 Å². The molecule has 94 valence electrons. The molecule has 0 aliphatic heterocycles. The van der Waals surface area contributed by atoms with Gasteiger partial charge in [-0.2, -0.15) is 0 Å². The zero-order valence-electron chi connectivity index (χ0n) is 9.93. The van der Waals surface area contributed by atoms with Gasteiger partial charge in [0.1, 0.15) is 5.82 Å². The van der Waals surface area contributed by atoms with E-state index in [0.29, 0.717) is 19.0 Å². The lowest BCUT2D eigenvalue weighted by atomic mass is 10.2. The van der Waals surface area contributed by atoms with Crippen molar-refractivity contribution < 1.29 is 14.6 Å². The lowest BCUT2D eigenvalue weighted by molar-refractivity contribution is 0.0698. The van der Waals surface area contributed by atoms with Gasteiger partial charge in [-0.1, -0.05) is 0 Å². The van der Waals surface area contributed by atoms with E-state index in [1.165, 1.54) is 12.3 Å². The Morgan fingerprint density at radius 2 is 2.35 bits per heavy atom. The van der Waals surface area contributed by atoms with Gasteiger partial charge in [0.2, 0.25) is 0 Å². The minimum atomic E-state index is -1.06. The number of nitrogens with two attached hydrogens (primary N) is 1. The van der Waals surface area contributed by atoms with Gasteiger partial charge in [0.25, 0.3) is 0 Å². The maximum atomic E-state index is 10.8. The molecule has 0 amide bonds. The second kappa shape index (κ2) is 6.05. The smallest absolute Gasteiger partial charge is 0.337 e. The molecule has 17 heavy (non-hydrogen) atoms. The van der Waals surface area contributed by atoms with Crippen molar-refractivity contribution in [1.82, 2.24) is 4.98 Å². The standard InChI is InChI=1S/C11H17N3O3/c1-7(2)17-6-5-14-10-9(12)8(11(15)16)3-4-13-10/h3-4,7H,5-6,12H2,1-2H3,(H,13,14)(H,15,16).